The molecule has 0 radical (unpaired) electrons. The molecule has 2 saturated heterocycles. The molecule has 2 fully saturated rings. The Labute approximate surface area is 214 Å². The first-order chi connectivity index (χ1) is 17.6. The number of hydrogen-bond donors (Lipinski definition) is 1. The molecule has 0 spiro atoms. The van der Waals surface area contributed by atoms with Crippen molar-refractivity contribution >= 4 is 22.6 Å². The Morgan fingerprint density at radius 3 is 2.36 bits per heavy atom. The fraction of sp³-hybridized carbons (Fsp3) is 0.419. The molecule has 1 unspecified atom stereocenters. The van der Waals surface area contributed by atoms with Gasteiger partial charge in [-0.3, -0.25) is 14.5 Å². The summed E-state index contributed by atoms with van der Waals surface area (Å²) in [6, 6.07) is 22.5. The molecule has 2 amide bonds. The molecular weight excluding hydrogens is 446 g/mol. The second-order valence-corrected chi connectivity index (χ2v) is 10.6. The van der Waals surface area contributed by atoms with Crippen LogP contribution >= 0.6 is 0 Å². The summed E-state index contributed by atoms with van der Waals surface area (Å²) < 4.78 is 0. The maximum atomic E-state index is 13.2. The maximum absolute atomic E-state index is 13.2. The first-order valence-electron chi connectivity index (χ1n) is 13.4. The SMILES string of the molecule is CC1CCCN(Cc2ccc(CNC(=O)C3CCN(C(=O)c4cccc5ccccc45)CC3)cc2)C1. The van der Waals surface area contributed by atoms with Crippen molar-refractivity contribution in [3.8, 4) is 0 Å². The van der Waals surface area contributed by atoms with E-state index >= 15 is 0 Å². The molecule has 188 valence electrons. The number of carbonyl (C=O) groups is 2. The zero-order valence-corrected chi connectivity index (χ0v) is 21.3. The largest absolute Gasteiger partial charge is 0.352 e. The summed E-state index contributed by atoms with van der Waals surface area (Å²) in [6.07, 6.45) is 4.04. The Balaban J connectivity index is 1.09. The van der Waals surface area contributed by atoms with Gasteiger partial charge in [-0.05, 0) is 66.1 Å². The van der Waals surface area contributed by atoms with E-state index in [0.29, 0.717) is 32.5 Å². The highest BCUT2D eigenvalue weighted by Crippen LogP contribution is 2.24. The van der Waals surface area contributed by atoms with E-state index in [1.165, 1.54) is 31.5 Å². The van der Waals surface area contributed by atoms with Gasteiger partial charge >= 0.3 is 0 Å². The molecule has 0 saturated carbocycles. The van der Waals surface area contributed by atoms with E-state index in [0.717, 1.165) is 34.4 Å². The second-order valence-electron chi connectivity index (χ2n) is 10.6. The zero-order valence-electron chi connectivity index (χ0n) is 21.3. The number of rotatable bonds is 6. The van der Waals surface area contributed by atoms with Gasteiger partial charge in [0, 0.05) is 44.2 Å². The van der Waals surface area contributed by atoms with Gasteiger partial charge in [0.05, 0.1) is 0 Å². The van der Waals surface area contributed by atoms with Crippen molar-refractivity contribution in [3.63, 3.8) is 0 Å². The molecule has 5 rings (SSSR count). The Bertz CT molecular complexity index is 1190. The van der Waals surface area contributed by atoms with E-state index in [4.69, 9.17) is 0 Å². The highest BCUT2D eigenvalue weighted by Gasteiger charge is 2.28. The van der Waals surface area contributed by atoms with Gasteiger partial charge in [0.25, 0.3) is 5.91 Å². The van der Waals surface area contributed by atoms with Crippen molar-refractivity contribution in [2.75, 3.05) is 26.2 Å². The lowest BCUT2D eigenvalue weighted by molar-refractivity contribution is -0.126. The van der Waals surface area contributed by atoms with Crippen molar-refractivity contribution in [1.29, 1.82) is 0 Å². The Morgan fingerprint density at radius 1 is 0.861 bits per heavy atom. The van der Waals surface area contributed by atoms with Crippen LogP contribution in [0.2, 0.25) is 0 Å². The summed E-state index contributed by atoms with van der Waals surface area (Å²) in [5.41, 5.74) is 3.21. The van der Waals surface area contributed by atoms with E-state index in [-0.39, 0.29) is 17.7 Å². The van der Waals surface area contributed by atoms with Gasteiger partial charge in [-0.1, -0.05) is 67.6 Å². The lowest BCUT2D eigenvalue weighted by Gasteiger charge is -2.31. The third kappa shape index (κ3) is 5.79. The van der Waals surface area contributed by atoms with Crippen molar-refractivity contribution in [2.24, 2.45) is 11.8 Å². The third-order valence-corrected chi connectivity index (χ3v) is 7.81. The van der Waals surface area contributed by atoms with Crippen LogP contribution in [-0.2, 0) is 17.9 Å². The van der Waals surface area contributed by atoms with Crippen molar-refractivity contribution in [3.05, 3.63) is 83.4 Å². The number of nitrogens with one attached hydrogen (secondary N) is 1. The molecule has 0 aliphatic carbocycles. The van der Waals surface area contributed by atoms with E-state index < -0.39 is 0 Å². The minimum atomic E-state index is -0.0399. The molecule has 5 heteroatoms. The van der Waals surface area contributed by atoms with Crippen LogP contribution in [-0.4, -0.2) is 47.8 Å². The number of likely N-dealkylation sites (tertiary alicyclic amines) is 2. The van der Waals surface area contributed by atoms with Gasteiger partial charge in [-0.2, -0.15) is 0 Å². The topological polar surface area (TPSA) is 52.7 Å². The summed E-state index contributed by atoms with van der Waals surface area (Å²) in [7, 11) is 0. The monoisotopic (exact) mass is 483 g/mol. The van der Waals surface area contributed by atoms with E-state index in [2.05, 4.69) is 41.4 Å². The smallest absolute Gasteiger partial charge is 0.254 e. The van der Waals surface area contributed by atoms with Crippen molar-refractivity contribution in [2.45, 2.75) is 45.7 Å². The standard InChI is InChI=1S/C31H37N3O2/c1-23-6-5-17-33(21-23)22-25-13-11-24(12-14-25)20-32-30(35)27-15-18-34(19-16-27)31(36)29-10-4-8-26-7-2-3-9-28(26)29/h2-4,7-14,23,27H,5-6,15-22H2,1H3,(H,32,35). The second kappa shape index (κ2) is 11.3. The summed E-state index contributed by atoms with van der Waals surface area (Å²) in [4.78, 5) is 30.5. The Hall–Kier alpha value is -3.18. The number of benzene rings is 3. The van der Waals surface area contributed by atoms with Crippen LogP contribution in [0.25, 0.3) is 10.8 Å². The van der Waals surface area contributed by atoms with Crippen molar-refractivity contribution in [1.82, 2.24) is 15.1 Å². The average Bonchev–Trinajstić information content (AvgIpc) is 2.92. The van der Waals surface area contributed by atoms with E-state index in [1.54, 1.807) is 0 Å². The molecule has 0 aromatic heterocycles. The van der Waals surface area contributed by atoms with Crippen LogP contribution in [0.4, 0.5) is 0 Å². The average molecular weight is 484 g/mol. The molecule has 5 nitrogen and oxygen atoms in total. The molecule has 1 atom stereocenters. The molecule has 1 N–H and O–H groups in total. The molecule has 3 aromatic carbocycles. The van der Waals surface area contributed by atoms with Crippen LogP contribution in [0.15, 0.2) is 66.7 Å². The fourth-order valence-corrected chi connectivity index (χ4v) is 5.71. The lowest BCUT2D eigenvalue weighted by atomic mass is 9.94. The highest BCUT2D eigenvalue weighted by atomic mass is 16.2. The van der Waals surface area contributed by atoms with E-state index in [9.17, 15) is 9.59 Å². The van der Waals surface area contributed by atoms with Crippen LogP contribution < -0.4 is 5.32 Å². The Morgan fingerprint density at radius 2 is 1.58 bits per heavy atom. The van der Waals surface area contributed by atoms with Gasteiger partial charge in [0.1, 0.15) is 0 Å². The normalized spacial score (nSPS) is 19.4. The summed E-state index contributed by atoms with van der Waals surface area (Å²) in [5.74, 6) is 0.904. The number of hydrogen-bond acceptors (Lipinski definition) is 3. The molecule has 0 bridgehead atoms. The molecule has 2 aliphatic heterocycles. The predicted octanol–water partition coefficient (Wildman–Crippen LogP) is 5.24. The van der Waals surface area contributed by atoms with Gasteiger partial charge in [-0.25, -0.2) is 0 Å². The Kier molecular flexibility index (Phi) is 7.66. The molecule has 3 aromatic rings. The van der Waals surface area contributed by atoms with Crippen LogP contribution in [0, 0.1) is 11.8 Å². The first-order valence-corrected chi connectivity index (χ1v) is 13.4. The first kappa shape index (κ1) is 24.5. The lowest BCUT2D eigenvalue weighted by Crippen LogP contribution is -2.43. The number of piperidine rings is 2. The summed E-state index contributed by atoms with van der Waals surface area (Å²) in [6.45, 7) is 7.50. The van der Waals surface area contributed by atoms with E-state index in [1.807, 2.05) is 47.4 Å². The maximum Gasteiger partial charge on any atom is 0.254 e. The van der Waals surface area contributed by atoms with Gasteiger partial charge in [0.2, 0.25) is 5.91 Å². The van der Waals surface area contributed by atoms with Gasteiger partial charge < -0.3 is 10.2 Å². The summed E-state index contributed by atoms with van der Waals surface area (Å²) in [5, 5.41) is 5.19. The molecule has 2 heterocycles. The molecule has 36 heavy (non-hydrogen) atoms. The predicted molar refractivity (Wildman–Crippen MR) is 145 cm³/mol. The van der Waals surface area contributed by atoms with Gasteiger partial charge in [-0.15, -0.1) is 0 Å². The minimum Gasteiger partial charge on any atom is -0.352 e. The zero-order chi connectivity index (χ0) is 24.9. The third-order valence-electron chi connectivity index (χ3n) is 7.81. The quantitative estimate of drug-likeness (QED) is 0.522. The highest BCUT2D eigenvalue weighted by molar-refractivity contribution is 6.07. The number of carbonyl (C=O) groups excluding carboxylic acids is 2. The number of amides is 2. The molecule has 2 aliphatic rings. The van der Waals surface area contributed by atoms with Crippen LogP contribution in [0.1, 0.15) is 54.1 Å². The molecular formula is C31H37N3O2. The minimum absolute atomic E-state index is 0.0399. The van der Waals surface area contributed by atoms with Crippen LogP contribution in [0.3, 0.4) is 0 Å². The fourth-order valence-electron chi connectivity index (χ4n) is 5.71. The number of nitrogens with zero attached hydrogens (tertiary/aromatic N) is 2. The van der Waals surface area contributed by atoms with Crippen molar-refractivity contribution < 1.29 is 9.59 Å². The van der Waals surface area contributed by atoms with Crippen LogP contribution in [0.5, 0.6) is 0 Å². The summed E-state index contributed by atoms with van der Waals surface area (Å²) >= 11 is 0. The van der Waals surface area contributed by atoms with Gasteiger partial charge in [0.15, 0.2) is 0 Å². The number of fused-ring (bicyclic) bond motifs is 1.